The maximum absolute atomic E-state index is 11.6. The van der Waals surface area contributed by atoms with Crippen LogP contribution in [0.4, 0.5) is 0 Å². The van der Waals surface area contributed by atoms with Crippen molar-refractivity contribution in [3.05, 3.63) is 23.3 Å². The molecule has 0 radical (unpaired) electrons. The predicted molar refractivity (Wildman–Crippen MR) is 86.8 cm³/mol. The zero-order chi connectivity index (χ0) is 15.3. The van der Waals surface area contributed by atoms with Crippen LogP contribution in [-0.2, 0) is 9.05 Å². The number of halogens is 1. The first-order chi connectivity index (χ1) is 9.27. The minimum atomic E-state index is -3.72. The summed E-state index contributed by atoms with van der Waals surface area (Å²) in [5.41, 5.74) is 1.49. The van der Waals surface area contributed by atoms with Crippen LogP contribution in [0.3, 0.4) is 0 Å². The van der Waals surface area contributed by atoms with Gasteiger partial charge in [0.1, 0.15) is 5.75 Å². The topological polar surface area (TPSA) is 43.4 Å². The highest BCUT2D eigenvalue weighted by Gasteiger charge is 2.19. The summed E-state index contributed by atoms with van der Waals surface area (Å²) in [6.45, 7) is 6.37. The maximum Gasteiger partial charge on any atom is 0.261 e. The lowest BCUT2D eigenvalue weighted by molar-refractivity contribution is 0.314. The summed E-state index contributed by atoms with van der Waals surface area (Å²) in [5, 5.41) is 0. The largest absolute Gasteiger partial charge is 0.493 e. The summed E-state index contributed by atoms with van der Waals surface area (Å²) in [6.07, 6.45) is 3.02. The van der Waals surface area contributed by atoms with Crippen LogP contribution in [0.2, 0.25) is 0 Å². The highest BCUT2D eigenvalue weighted by molar-refractivity contribution is 8.13. The van der Waals surface area contributed by atoms with Crippen LogP contribution in [0.15, 0.2) is 17.0 Å². The second-order valence-electron chi connectivity index (χ2n) is 4.94. The van der Waals surface area contributed by atoms with Gasteiger partial charge in [-0.25, -0.2) is 8.42 Å². The summed E-state index contributed by atoms with van der Waals surface area (Å²) in [6, 6.07) is 3.40. The molecule has 0 saturated carbocycles. The van der Waals surface area contributed by atoms with Crippen molar-refractivity contribution in [2.75, 3.05) is 18.6 Å². The number of benzene rings is 1. The van der Waals surface area contributed by atoms with Crippen LogP contribution in [0.25, 0.3) is 0 Å². The molecular formula is C14H21ClO3S2. The van der Waals surface area contributed by atoms with E-state index in [9.17, 15) is 8.42 Å². The van der Waals surface area contributed by atoms with Crippen LogP contribution < -0.4 is 4.74 Å². The van der Waals surface area contributed by atoms with E-state index in [0.29, 0.717) is 12.2 Å². The summed E-state index contributed by atoms with van der Waals surface area (Å²) in [4.78, 5) is 0.166. The van der Waals surface area contributed by atoms with Gasteiger partial charge < -0.3 is 4.74 Å². The van der Waals surface area contributed by atoms with Crippen LogP contribution in [0.1, 0.15) is 37.3 Å². The van der Waals surface area contributed by atoms with Crippen molar-refractivity contribution in [2.24, 2.45) is 0 Å². The first-order valence-corrected chi connectivity index (χ1v) is 10.2. The number of hydrogen-bond donors (Lipinski definition) is 0. The van der Waals surface area contributed by atoms with Crippen molar-refractivity contribution in [3.63, 3.8) is 0 Å². The van der Waals surface area contributed by atoms with E-state index in [4.69, 9.17) is 15.4 Å². The van der Waals surface area contributed by atoms with E-state index in [1.165, 1.54) is 0 Å². The highest BCUT2D eigenvalue weighted by Crippen LogP contribution is 2.33. The maximum atomic E-state index is 11.6. The van der Waals surface area contributed by atoms with Crippen molar-refractivity contribution in [2.45, 2.75) is 38.0 Å². The normalized spacial score (nSPS) is 11.9. The van der Waals surface area contributed by atoms with E-state index in [1.54, 1.807) is 30.8 Å². The summed E-state index contributed by atoms with van der Waals surface area (Å²) >= 11 is 1.78. The van der Waals surface area contributed by atoms with Gasteiger partial charge in [-0.2, -0.15) is 11.8 Å². The first kappa shape index (κ1) is 17.7. The highest BCUT2D eigenvalue weighted by atomic mass is 35.7. The first-order valence-electron chi connectivity index (χ1n) is 6.48. The van der Waals surface area contributed by atoms with E-state index in [1.807, 2.05) is 13.8 Å². The Morgan fingerprint density at radius 1 is 1.35 bits per heavy atom. The molecular weight excluding hydrogens is 316 g/mol. The molecule has 114 valence electrons. The lowest BCUT2D eigenvalue weighted by Crippen LogP contribution is -2.05. The second-order valence-corrected chi connectivity index (χ2v) is 8.46. The molecule has 0 aromatic heterocycles. The fourth-order valence-electron chi connectivity index (χ4n) is 1.90. The average molecular weight is 337 g/mol. The van der Waals surface area contributed by atoms with E-state index in [0.717, 1.165) is 23.5 Å². The fourth-order valence-corrected chi connectivity index (χ4v) is 3.52. The van der Waals surface area contributed by atoms with E-state index >= 15 is 0 Å². The Hall–Kier alpha value is -0.390. The SMILES string of the molecule is CSCCCOc1cc(C)c(S(=O)(=O)Cl)cc1C(C)C. The minimum absolute atomic E-state index is 0.166. The van der Waals surface area contributed by atoms with Gasteiger partial charge in [-0.3, -0.25) is 0 Å². The Morgan fingerprint density at radius 2 is 2.00 bits per heavy atom. The zero-order valence-corrected chi connectivity index (χ0v) is 14.7. The third-order valence-electron chi connectivity index (χ3n) is 2.94. The number of thioether (sulfide) groups is 1. The van der Waals surface area contributed by atoms with Crippen molar-refractivity contribution in [1.82, 2.24) is 0 Å². The molecule has 0 fully saturated rings. The summed E-state index contributed by atoms with van der Waals surface area (Å²) in [7, 11) is 1.75. The van der Waals surface area contributed by atoms with Gasteiger partial charge in [-0.15, -0.1) is 0 Å². The average Bonchev–Trinajstić information content (AvgIpc) is 2.32. The smallest absolute Gasteiger partial charge is 0.261 e. The van der Waals surface area contributed by atoms with Crippen molar-refractivity contribution < 1.29 is 13.2 Å². The van der Waals surface area contributed by atoms with Gasteiger partial charge in [0.25, 0.3) is 9.05 Å². The Labute approximate surface area is 130 Å². The van der Waals surface area contributed by atoms with Crippen molar-refractivity contribution >= 4 is 31.5 Å². The standard InChI is InChI=1S/C14H21ClO3S2/c1-10(2)12-9-14(20(15,16)17)11(3)8-13(12)18-6-5-7-19-4/h8-10H,5-7H2,1-4H3. The van der Waals surface area contributed by atoms with E-state index in [-0.39, 0.29) is 10.8 Å². The Balaban J connectivity index is 3.09. The van der Waals surface area contributed by atoms with Crippen molar-refractivity contribution in [1.29, 1.82) is 0 Å². The minimum Gasteiger partial charge on any atom is -0.493 e. The number of aryl methyl sites for hydroxylation is 1. The predicted octanol–water partition coefficient (Wildman–Crippen LogP) is 4.18. The van der Waals surface area contributed by atoms with E-state index in [2.05, 4.69) is 6.26 Å². The number of ether oxygens (including phenoxy) is 1. The number of hydrogen-bond acceptors (Lipinski definition) is 4. The van der Waals surface area contributed by atoms with Crippen molar-refractivity contribution in [3.8, 4) is 5.75 Å². The molecule has 0 saturated heterocycles. The molecule has 0 aliphatic heterocycles. The lowest BCUT2D eigenvalue weighted by atomic mass is 10.0. The van der Waals surface area contributed by atoms with Gasteiger partial charge in [0.15, 0.2) is 0 Å². The lowest BCUT2D eigenvalue weighted by Gasteiger charge is -2.16. The molecule has 0 atom stereocenters. The summed E-state index contributed by atoms with van der Waals surface area (Å²) in [5.74, 6) is 1.97. The monoisotopic (exact) mass is 336 g/mol. The Bertz CT molecular complexity index is 554. The summed E-state index contributed by atoms with van der Waals surface area (Å²) < 4.78 is 28.9. The molecule has 0 heterocycles. The third-order valence-corrected chi connectivity index (χ3v) is 5.10. The van der Waals surface area contributed by atoms with Crippen LogP contribution >= 0.6 is 22.4 Å². The number of rotatable bonds is 7. The van der Waals surface area contributed by atoms with E-state index < -0.39 is 9.05 Å². The molecule has 3 nitrogen and oxygen atoms in total. The fraction of sp³-hybridized carbons (Fsp3) is 0.571. The van der Waals surface area contributed by atoms with Gasteiger partial charge in [0.2, 0.25) is 0 Å². The Morgan fingerprint density at radius 3 is 2.50 bits per heavy atom. The second kappa shape index (κ2) is 7.57. The molecule has 6 heteroatoms. The van der Waals surface area contributed by atoms with Crippen LogP contribution in [-0.4, -0.2) is 27.0 Å². The zero-order valence-electron chi connectivity index (χ0n) is 12.3. The van der Waals surface area contributed by atoms with Gasteiger partial charge in [-0.1, -0.05) is 13.8 Å². The molecule has 0 N–H and O–H groups in total. The molecule has 0 spiro atoms. The molecule has 0 bridgehead atoms. The molecule has 20 heavy (non-hydrogen) atoms. The molecule has 1 aromatic rings. The van der Waals surface area contributed by atoms with Gasteiger partial charge in [0.05, 0.1) is 11.5 Å². The molecule has 0 aliphatic rings. The Kier molecular flexibility index (Phi) is 6.69. The molecule has 1 aromatic carbocycles. The molecule has 0 amide bonds. The third kappa shape index (κ3) is 4.86. The van der Waals surface area contributed by atoms with Crippen LogP contribution in [0.5, 0.6) is 5.75 Å². The molecule has 0 unspecified atom stereocenters. The molecule has 1 rings (SSSR count). The van der Waals surface area contributed by atoms with Gasteiger partial charge >= 0.3 is 0 Å². The van der Waals surface area contributed by atoms with Crippen LogP contribution in [0, 0.1) is 6.92 Å². The van der Waals surface area contributed by atoms with Gasteiger partial charge in [-0.05, 0) is 54.5 Å². The quantitative estimate of drug-likeness (QED) is 0.553. The molecule has 0 aliphatic carbocycles. The van der Waals surface area contributed by atoms with Gasteiger partial charge in [0, 0.05) is 10.7 Å².